The zero-order valence-corrected chi connectivity index (χ0v) is 17.0. The van der Waals surface area contributed by atoms with Gasteiger partial charge in [-0.1, -0.05) is 6.07 Å². The molecule has 0 radical (unpaired) electrons. The van der Waals surface area contributed by atoms with Crippen LogP contribution in [0.1, 0.15) is 21.6 Å². The monoisotopic (exact) mass is 437 g/mol. The number of benzene rings is 2. The van der Waals surface area contributed by atoms with Crippen LogP contribution in [0.15, 0.2) is 58.3 Å². The van der Waals surface area contributed by atoms with Gasteiger partial charge < -0.3 is 14.2 Å². The lowest BCUT2D eigenvalue weighted by Gasteiger charge is -2.11. The lowest BCUT2D eigenvalue weighted by Crippen LogP contribution is -2.06. The van der Waals surface area contributed by atoms with Gasteiger partial charge in [0.1, 0.15) is 6.61 Å². The van der Waals surface area contributed by atoms with Crippen molar-refractivity contribution in [1.29, 1.82) is 0 Å². The molecule has 0 aliphatic carbocycles. The first-order chi connectivity index (χ1) is 14.0. The molecule has 2 aromatic carbocycles. The molecule has 29 heavy (non-hydrogen) atoms. The van der Waals surface area contributed by atoms with E-state index in [-0.39, 0.29) is 18.1 Å². The van der Waals surface area contributed by atoms with Gasteiger partial charge in [0.15, 0.2) is 11.5 Å². The van der Waals surface area contributed by atoms with E-state index in [1.54, 1.807) is 40.7 Å². The van der Waals surface area contributed by atoms with Gasteiger partial charge in [0.2, 0.25) is 0 Å². The van der Waals surface area contributed by atoms with Gasteiger partial charge in [0, 0.05) is 16.0 Å². The summed E-state index contributed by atoms with van der Waals surface area (Å²) in [5.41, 5.74) is 3.83. The minimum Gasteiger partial charge on any atom is -0.493 e. The molecule has 1 heterocycles. The maximum atomic E-state index is 12.4. The highest BCUT2D eigenvalue weighted by atomic mass is 32.2. The standard InChI is InChI=1S/C20H17F2NO4S2/c1-25-18-8-13(2-7-17(18)27-20(21)22)9-26-19(24)14-3-5-16(6-4-14)29-11-15-10-28-12-23-15/h2-8,10,12,20H,9,11H2,1H3. The molecule has 0 amide bonds. The molecular formula is C20H17F2NO4S2. The van der Waals surface area contributed by atoms with Gasteiger partial charge in [-0.15, -0.1) is 23.1 Å². The number of nitrogens with zero attached hydrogens (tertiary/aromatic N) is 1. The van der Waals surface area contributed by atoms with Gasteiger partial charge in [-0.05, 0) is 42.0 Å². The third-order valence-electron chi connectivity index (χ3n) is 3.77. The lowest BCUT2D eigenvalue weighted by molar-refractivity contribution is -0.0512. The molecule has 0 spiro atoms. The number of thiazole rings is 1. The SMILES string of the molecule is COc1cc(COC(=O)c2ccc(SCc3cscn3)cc2)ccc1OC(F)F. The summed E-state index contributed by atoms with van der Waals surface area (Å²) in [5.74, 6) is 0.344. The zero-order chi connectivity index (χ0) is 20.6. The van der Waals surface area contributed by atoms with Crippen molar-refractivity contribution in [2.24, 2.45) is 0 Å². The topological polar surface area (TPSA) is 57.7 Å². The third-order valence-corrected chi connectivity index (χ3v) is 5.46. The van der Waals surface area contributed by atoms with Crippen LogP contribution in [0.25, 0.3) is 0 Å². The van der Waals surface area contributed by atoms with Crippen molar-refractivity contribution in [2.75, 3.05) is 7.11 Å². The summed E-state index contributed by atoms with van der Waals surface area (Å²) in [4.78, 5) is 17.5. The molecule has 0 saturated carbocycles. The summed E-state index contributed by atoms with van der Waals surface area (Å²) in [6, 6.07) is 11.5. The van der Waals surface area contributed by atoms with Crippen molar-refractivity contribution >= 4 is 29.1 Å². The first-order valence-corrected chi connectivity index (χ1v) is 10.4. The average Bonchev–Trinajstić information content (AvgIpc) is 3.25. The van der Waals surface area contributed by atoms with Crippen LogP contribution in [0.2, 0.25) is 0 Å². The van der Waals surface area contributed by atoms with E-state index in [2.05, 4.69) is 9.72 Å². The zero-order valence-electron chi connectivity index (χ0n) is 15.3. The van der Waals surface area contributed by atoms with E-state index in [4.69, 9.17) is 9.47 Å². The molecule has 0 aliphatic heterocycles. The molecule has 152 valence electrons. The molecule has 3 rings (SSSR count). The van der Waals surface area contributed by atoms with E-state index in [1.807, 2.05) is 17.5 Å². The first-order valence-electron chi connectivity index (χ1n) is 8.44. The number of halogens is 2. The summed E-state index contributed by atoms with van der Waals surface area (Å²) in [6.45, 7) is -2.97. The van der Waals surface area contributed by atoms with Crippen LogP contribution < -0.4 is 9.47 Å². The number of aromatic nitrogens is 1. The first kappa shape index (κ1) is 21.1. The second-order valence-electron chi connectivity index (χ2n) is 5.73. The number of carbonyl (C=O) groups is 1. The molecular weight excluding hydrogens is 420 g/mol. The van der Waals surface area contributed by atoms with Crippen molar-refractivity contribution in [3.05, 3.63) is 70.2 Å². The van der Waals surface area contributed by atoms with E-state index in [0.717, 1.165) is 16.3 Å². The Morgan fingerprint density at radius 1 is 1.17 bits per heavy atom. The largest absolute Gasteiger partial charge is 0.493 e. The Balaban J connectivity index is 1.54. The normalized spacial score (nSPS) is 10.8. The van der Waals surface area contributed by atoms with Gasteiger partial charge in [0.05, 0.1) is 23.9 Å². The number of rotatable bonds is 9. The molecule has 0 unspecified atom stereocenters. The second-order valence-corrected chi connectivity index (χ2v) is 7.50. The maximum Gasteiger partial charge on any atom is 0.387 e. The number of esters is 1. The van der Waals surface area contributed by atoms with Crippen LogP contribution in [0, 0.1) is 0 Å². The number of thioether (sulfide) groups is 1. The van der Waals surface area contributed by atoms with Gasteiger partial charge in [-0.25, -0.2) is 9.78 Å². The van der Waals surface area contributed by atoms with Crippen molar-refractivity contribution in [3.63, 3.8) is 0 Å². The minimum atomic E-state index is -2.95. The van der Waals surface area contributed by atoms with E-state index in [1.165, 1.54) is 25.3 Å². The number of hydrogen-bond acceptors (Lipinski definition) is 7. The third kappa shape index (κ3) is 6.16. The Morgan fingerprint density at radius 3 is 2.62 bits per heavy atom. The van der Waals surface area contributed by atoms with Crippen LogP contribution in [0.4, 0.5) is 8.78 Å². The van der Waals surface area contributed by atoms with E-state index < -0.39 is 12.6 Å². The van der Waals surface area contributed by atoms with E-state index in [9.17, 15) is 13.6 Å². The van der Waals surface area contributed by atoms with Crippen molar-refractivity contribution in [3.8, 4) is 11.5 Å². The van der Waals surface area contributed by atoms with Crippen LogP contribution in [0.5, 0.6) is 11.5 Å². The van der Waals surface area contributed by atoms with Gasteiger partial charge in [-0.3, -0.25) is 0 Å². The highest BCUT2D eigenvalue weighted by Crippen LogP contribution is 2.30. The quantitative estimate of drug-likeness (QED) is 0.330. The fraction of sp³-hybridized carbons (Fsp3) is 0.200. The highest BCUT2D eigenvalue weighted by molar-refractivity contribution is 7.98. The Hall–Kier alpha value is -2.65. The fourth-order valence-corrected chi connectivity index (χ4v) is 3.85. The minimum absolute atomic E-state index is 0.0233. The highest BCUT2D eigenvalue weighted by Gasteiger charge is 2.13. The van der Waals surface area contributed by atoms with Gasteiger partial charge >= 0.3 is 12.6 Å². The van der Waals surface area contributed by atoms with Crippen molar-refractivity contribution in [2.45, 2.75) is 23.9 Å². The number of hydrogen-bond donors (Lipinski definition) is 0. The predicted molar refractivity (Wildman–Crippen MR) is 107 cm³/mol. The molecule has 0 bridgehead atoms. The van der Waals surface area contributed by atoms with Gasteiger partial charge in [-0.2, -0.15) is 8.78 Å². The second kappa shape index (κ2) is 10.2. The molecule has 0 saturated heterocycles. The van der Waals surface area contributed by atoms with Crippen molar-refractivity contribution < 1.29 is 27.8 Å². The Labute approximate surface area is 174 Å². The molecule has 5 nitrogen and oxygen atoms in total. The van der Waals surface area contributed by atoms with Crippen molar-refractivity contribution in [1.82, 2.24) is 4.98 Å². The summed E-state index contributed by atoms with van der Waals surface area (Å²) in [5, 5.41) is 2.00. The summed E-state index contributed by atoms with van der Waals surface area (Å²) in [6.07, 6.45) is 0. The van der Waals surface area contributed by atoms with E-state index >= 15 is 0 Å². The Kier molecular flexibility index (Phi) is 7.42. The predicted octanol–water partition coefficient (Wildman–Crippen LogP) is 5.40. The molecule has 9 heteroatoms. The Morgan fingerprint density at radius 2 is 1.97 bits per heavy atom. The average molecular weight is 437 g/mol. The number of alkyl halides is 2. The Bertz CT molecular complexity index is 934. The lowest BCUT2D eigenvalue weighted by atomic mass is 10.2. The summed E-state index contributed by atoms with van der Waals surface area (Å²) in [7, 11) is 1.34. The molecule has 1 aromatic heterocycles. The molecule has 0 atom stereocenters. The van der Waals surface area contributed by atoms with Crippen LogP contribution >= 0.6 is 23.1 Å². The van der Waals surface area contributed by atoms with Crippen LogP contribution in [-0.2, 0) is 17.1 Å². The molecule has 0 aliphatic rings. The molecule has 0 fully saturated rings. The van der Waals surface area contributed by atoms with E-state index in [0.29, 0.717) is 11.1 Å². The smallest absolute Gasteiger partial charge is 0.387 e. The molecule has 0 N–H and O–H groups in total. The summed E-state index contributed by atoms with van der Waals surface area (Å²) >= 11 is 3.19. The maximum absolute atomic E-state index is 12.4. The fourth-order valence-electron chi connectivity index (χ4n) is 2.38. The van der Waals surface area contributed by atoms with Crippen LogP contribution in [-0.4, -0.2) is 24.7 Å². The van der Waals surface area contributed by atoms with Gasteiger partial charge in [0.25, 0.3) is 0 Å². The molecule has 3 aromatic rings. The van der Waals surface area contributed by atoms with Crippen LogP contribution in [0.3, 0.4) is 0 Å². The number of carbonyl (C=O) groups excluding carboxylic acids is 1. The number of methoxy groups -OCH3 is 1. The number of ether oxygens (including phenoxy) is 3. The summed E-state index contributed by atoms with van der Waals surface area (Å²) < 4.78 is 39.5.